The summed E-state index contributed by atoms with van der Waals surface area (Å²) in [5.74, 6) is 0. The Balaban J connectivity index is 2.93. The number of rotatable bonds is 0. The monoisotopic (exact) mass is 243 g/mol. The van der Waals surface area contributed by atoms with E-state index in [0.29, 0.717) is 0 Å². The van der Waals surface area contributed by atoms with E-state index in [4.69, 9.17) is 0 Å². The minimum atomic E-state index is 1.28. The van der Waals surface area contributed by atoms with Crippen LogP contribution in [0.3, 0.4) is 0 Å². The third-order valence-electron chi connectivity index (χ3n) is 1.52. The number of aromatic nitrogens is 1. The lowest BCUT2D eigenvalue weighted by atomic mass is 10.4. The van der Waals surface area contributed by atoms with Crippen LogP contribution in [0.4, 0.5) is 0 Å². The average molecular weight is 243 g/mol. The Morgan fingerprint density at radius 3 is 2.80 bits per heavy atom. The fourth-order valence-electron chi connectivity index (χ4n) is 1.02. The second kappa shape index (κ2) is 2.27. The first-order valence-electron chi connectivity index (χ1n) is 3.09. The van der Waals surface area contributed by atoms with Crippen LogP contribution in [0.1, 0.15) is 0 Å². The molecule has 0 bridgehead atoms. The molecule has 0 aliphatic heterocycles. The van der Waals surface area contributed by atoms with Gasteiger partial charge in [-0.3, -0.25) is 0 Å². The van der Waals surface area contributed by atoms with E-state index < -0.39 is 0 Å². The molecule has 0 saturated carbocycles. The molecule has 0 amide bonds. The highest BCUT2D eigenvalue weighted by Gasteiger charge is 1.94. The van der Waals surface area contributed by atoms with Gasteiger partial charge < -0.3 is 4.40 Å². The van der Waals surface area contributed by atoms with Gasteiger partial charge in [0.25, 0.3) is 0 Å². The van der Waals surface area contributed by atoms with Crippen LogP contribution in [-0.2, 0) is 0 Å². The van der Waals surface area contributed by atoms with E-state index in [1.165, 1.54) is 9.09 Å². The molecule has 0 aliphatic carbocycles. The first-order chi connectivity index (χ1) is 4.88. The molecule has 0 atom stereocenters. The lowest BCUT2D eigenvalue weighted by molar-refractivity contribution is 1.20. The molecule has 2 heteroatoms. The maximum Gasteiger partial charge on any atom is 0.0583 e. The Hall–Kier alpha value is -0.510. The van der Waals surface area contributed by atoms with E-state index >= 15 is 0 Å². The zero-order chi connectivity index (χ0) is 6.97. The van der Waals surface area contributed by atoms with Crippen molar-refractivity contribution in [1.29, 1.82) is 0 Å². The smallest absolute Gasteiger partial charge is 0.0583 e. The minimum Gasteiger partial charge on any atom is -0.323 e. The molecular weight excluding hydrogens is 237 g/mol. The average Bonchev–Trinajstić information content (AvgIpc) is 2.34. The molecule has 50 valence electrons. The Labute approximate surface area is 72.8 Å². The van der Waals surface area contributed by atoms with E-state index in [0.717, 1.165) is 0 Å². The molecule has 2 heterocycles. The molecule has 2 aromatic heterocycles. The highest BCUT2D eigenvalue weighted by Crippen LogP contribution is 2.13. The van der Waals surface area contributed by atoms with Crippen LogP contribution >= 0.6 is 22.6 Å². The number of nitrogens with zero attached hydrogens (tertiary/aromatic N) is 1. The van der Waals surface area contributed by atoms with Crippen molar-refractivity contribution in [1.82, 2.24) is 4.40 Å². The topological polar surface area (TPSA) is 4.41 Å². The fourth-order valence-corrected chi connectivity index (χ4v) is 1.64. The molecule has 0 saturated heterocycles. The van der Waals surface area contributed by atoms with Gasteiger partial charge in [0.2, 0.25) is 0 Å². The molecule has 0 N–H and O–H groups in total. The van der Waals surface area contributed by atoms with Crippen LogP contribution in [0.2, 0.25) is 0 Å². The third kappa shape index (κ3) is 0.831. The third-order valence-corrected chi connectivity index (χ3v) is 2.43. The molecule has 0 aliphatic rings. The molecule has 2 aromatic rings. The second-order valence-electron chi connectivity index (χ2n) is 2.16. The molecule has 0 fully saturated rings. The molecule has 0 aromatic carbocycles. The molecular formula is C8H6IN. The van der Waals surface area contributed by atoms with E-state index in [1.807, 2.05) is 6.07 Å². The van der Waals surface area contributed by atoms with Gasteiger partial charge in [-0.15, -0.1) is 0 Å². The van der Waals surface area contributed by atoms with Gasteiger partial charge in [0, 0.05) is 16.0 Å². The summed E-state index contributed by atoms with van der Waals surface area (Å²) >= 11 is 2.33. The quantitative estimate of drug-likeness (QED) is 0.626. The van der Waals surface area contributed by atoms with Crippen molar-refractivity contribution in [2.75, 3.05) is 0 Å². The predicted molar refractivity (Wildman–Crippen MR) is 50.1 cm³/mol. The Bertz CT molecular complexity index is 351. The first-order valence-corrected chi connectivity index (χ1v) is 4.17. The maximum absolute atomic E-state index is 2.33. The Kier molecular flexibility index (Phi) is 1.41. The summed E-state index contributed by atoms with van der Waals surface area (Å²) in [6, 6.07) is 8.30. The van der Waals surface area contributed by atoms with E-state index in [9.17, 15) is 0 Å². The van der Waals surface area contributed by atoms with Crippen LogP contribution in [0, 0.1) is 3.57 Å². The summed E-state index contributed by atoms with van der Waals surface area (Å²) in [6.45, 7) is 0. The normalized spacial score (nSPS) is 10.5. The van der Waals surface area contributed by atoms with Crippen LogP contribution in [0.5, 0.6) is 0 Å². The summed E-state index contributed by atoms with van der Waals surface area (Å²) in [5, 5.41) is 0. The molecule has 0 radical (unpaired) electrons. The first kappa shape index (κ1) is 6.22. The van der Waals surface area contributed by atoms with Gasteiger partial charge in [-0.1, -0.05) is 6.07 Å². The molecule has 0 spiro atoms. The van der Waals surface area contributed by atoms with Crippen molar-refractivity contribution in [2.45, 2.75) is 0 Å². The lowest BCUT2D eigenvalue weighted by Gasteiger charge is -1.90. The summed E-state index contributed by atoms with van der Waals surface area (Å²) in [5.41, 5.74) is 1.28. The fraction of sp³-hybridized carbons (Fsp3) is 0. The zero-order valence-corrected chi connectivity index (χ0v) is 7.45. The van der Waals surface area contributed by atoms with Gasteiger partial charge in [0.15, 0.2) is 0 Å². The van der Waals surface area contributed by atoms with E-state index in [-0.39, 0.29) is 0 Å². The van der Waals surface area contributed by atoms with Crippen molar-refractivity contribution in [2.24, 2.45) is 0 Å². The lowest BCUT2D eigenvalue weighted by Crippen LogP contribution is -1.77. The largest absolute Gasteiger partial charge is 0.323 e. The predicted octanol–water partition coefficient (Wildman–Crippen LogP) is 2.54. The van der Waals surface area contributed by atoms with Gasteiger partial charge in [0.05, 0.1) is 5.52 Å². The zero-order valence-electron chi connectivity index (χ0n) is 5.29. The summed E-state index contributed by atoms with van der Waals surface area (Å²) < 4.78 is 3.42. The molecule has 2 rings (SSSR count). The summed E-state index contributed by atoms with van der Waals surface area (Å²) in [7, 11) is 0. The molecule has 1 nitrogen and oxygen atoms in total. The summed E-state index contributed by atoms with van der Waals surface area (Å²) in [4.78, 5) is 0. The number of halogens is 1. The van der Waals surface area contributed by atoms with Crippen LogP contribution < -0.4 is 0 Å². The van der Waals surface area contributed by atoms with Gasteiger partial charge >= 0.3 is 0 Å². The van der Waals surface area contributed by atoms with Crippen LogP contribution in [0.25, 0.3) is 5.52 Å². The van der Waals surface area contributed by atoms with Crippen molar-refractivity contribution in [3.63, 3.8) is 0 Å². The standard InChI is InChI=1S/C8H6IN/c9-7-4-6-10-5-2-1-3-8(7)10/h1-6H. The highest BCUT2D eigenvalue weighted by molar-refractivity contribution is 14.1. The van der Waals surface area contributed by atoms with Crippen molar-refractivity contribution >= 4 is 28.1 Å². The van der Waals surface area contributed by atoms with Crippen LogP contribution in [0.15, 0.2) is 36.7 Å². The Morgan fingerprint density at radius 1 is 1.10 bits per heavy atom. The Morgan fingerprint density at radius 2 is 2.00 bits per heavy atom. The number of fused-ring (bicyclic) bond motifs is 1. The minimum absolute atomic E-state index is 1.28. The SMILES string of the molecule is Ic1ccn2ccccc12. The highest BCUT2D eigenvalue weighted by atomic mass is 127. The second-order valence-corrected chi connectivity index (χ2v) is 3.32. The maximum atomic E-state index is 2.33. The van der Waals surface area contributed by atoms with Gasteiger partial charge in [-0.25, -0.2) is 0 Å². The van der Waals surface area contributed by atoms with Crippen LogP contribution in [-0.4, -0.2) is 4.40 Å². The number of hydrogen-bond acceptors (Lipinski definition) is 0. The van der Waals surface area contributed by atoms with E-state index in [1.54, 1.807) is 0 Å². The van der Waals surface area contributed by atoms with Gasteiger partial charge in [0.1, 0.15) is 0 Å². The number of pyridine rings is 1. The van der Waals surface area contributed by atoms with Gasteiger partial charge in [-0.2, -0.15) is 0 Å². The van der Waals surface area contributed by atoms with E-state index in [2.05, 4.69) is 57.6 Å². The molecule has 0 unspecified atom stereocenters. The van der Waals surface area contributed by atoms with Crippen molar-refractivity contribution < 1.29 is 0 Å². The molecule has 10 heavy (non-hydrogen) atoms. The summed E-state index contributed by atoms with van der Waals surface area (Å²) in [6.07, 6.45) is 4.12. The number of hydrogen-bond donors (Lipinski definition) is 0. The van der Waals surface area contributed by atoms with Crippen molar-refractivity contribution in [3.8, 4) is 0 Å². The van der Waals surface area contributed by atoms with Gasteiger partial charge in [-0.05, 0) is 40.8 Å². The van der Waals surface area contributed by atoms with Crippen molar-refractivity contribution in [3.05, 3.63) is 40.2 Å².